The summed E-state index contributed by atoms with van der Waals surface area (Å²) in [5, 5.41) is 7.74. The van der Waals surface area contributed by atoms with Crippen LogP contribution in [0.2, 0.25) is 0 Å². The minimum absolute atomic E-state index is 0.618. The second-order valence-corrected chi connectivity index (χ2v) is 3.63. The summed E-state index contributed by atoms with van der Waals surface area (Å²) in [6, 6.07) is 1.27. The van der Waals surface area contributed by atoms with E-state index in [1.54, 1.807) is 6.92 Å². The fourth-order valence-electron chi connectivity index (χ4n) is 1.35. The number of anilines is 1. The highest BCUT2D eigenvalue weighted by atomic mass is 16.4. The maximum absolute atomic E-state index is 5.30. The van der Waals surface area contributed by atoms with E-state index in [4.69, 9.17) is 4.42 Å². The van der Waals surface area contributed by atoms with E-state index in [1.807, 2.05) is 0 Å². The predicted molar refractivity (Wildman–Crippen MR) is 48.7 cm³/mol. The number of nitrogens with zero attached hydrogens (tertiary/aromatic N) is 4. The highest BCUT2D eigenvalue weighted by Gasteiger charge is 2.31. The van der Waals surface area contributed by atoms with Crippen LogP contribution < -0.4 is 4.90 Å². The molecule has 0 unspecified atom stereocenters. The molecular weight excluding hydrogens is 168 g/mol. The van der Waals surface area contributed by atoms with Crippen LogP contribution in [0.1, 0.15) is 5.89 Å². The zero-order chi connectivity index (χ0) is 9.42. The van der Waals surface area contributed by atoms with E-state index in [0.717, 1.165) is 13.1 Å². The van der Waals surface area contributed by atoms with Gasteiger partial charge in [-0.15, -0.1) is 5.10 Å². The summed E-state index contributed by atoms with van der Waals surface area (Å²) in [6.45, 7) is 3.77. The lowest BCUT2D eigenvalue weighted by Gasteiger charge is -2.41. The van der Waals surface area contributed by atoms with Crippen LogP contribution in [0.25, 0.3) is 0 Å². The van der Waals surface area contributed by atoms with E-state index < -0.39 is 0 Å². The van der Waals surface area contributed by atoms with Crippen LogP contribution in [0, 0.1) is 6.92 Å². The molecule has 1 saturated heterocycles. The Bertz CT molecular complexity index is 290. The van der Waals surface area contributed by atoms with Crippen LogP contribution in [0.5, 0.6) is 0 Å². The molecule has 0 aromatic carbocycles. The Labute approximate surface area is 77.3 Å². The third-order valence-electron chi connectivity index (χ3n) is 2.38. The maximum Gasteiger partial charge on any atom is 0.318 e. The number of rotatable bonds is 2. The van der Waals surface area contributed by atoms with Crippen molar-refractivity contribution in [2.45, 2.75) is 13.0 Å². The molecule has 0 spiro atoms. The van der Waals surface area contributed by atoms with Crippen molar-refractivity contribution in [2.24, 2.45) is 0 Å². The summed E-state index contributed by atoms with van der Waals surface area (Å²) in [5.41, 5.74) is 0. The largest absolute Gasteiger partial charge is 0.408 e. The topological polar surface area (TPSA) is 45.4 Å². The molecule has 0 bridgehead atoms. The van der Waals surface area contributed by atoms with Gasteiger partial charge in [0.05, 0.1) is 0 Å². The number of hydrogen-bond donors (Lipinski definition) is 0. The molecule has 0 atom stereocenters. The normalized spacial score (nSPS) is 18.0. The molecule has 5 nitrogen and oxygen atoms in total. The Hall–Kier alpha value is -1.10. The molecule has 5 heteroatoms. The Balaban J connectivity index is 1.93. The summed E-state index contributed by atoms with van der Waals surface area (Å²) in [5.74, 6) is 0.628. The summed E-state index contributed by atoms with van der Waals surface area (Å²) >= 11 is 0. The molecule has 2 rings (SSSR count). The second-order valence-electron chi connectivity index (χ2n) is 3.63. The third kappa shape index (κ3) is 1.51. The highest BCUT2D eigenvalue weighted by molar-refractivity contribution is 5.30. The minimum Gasteiger partial charge on any atom is -0.408 e. The summed E-state index contributed by atoms with van der Waals surface area (Å²) in [7, 11) is 4.17. The van der Waals surface area contributed by atoms with Crippen molar-refractivity contribution >= 4 is 6.01 Å². The van der Waals surface area contributed by atoms with Crippen LogP contribution in [-0.4, -0.2) is 48.3 Å². The maximum atomic E-state index is 5.30. The first-order valence-electron chi connectivity index (χ1n) is 4.38. The molecule has 0 amide bonds. The quantitative estimate of drug-likeness (QED) is 0.650. The van der Waals surface area contributed by atoms with Gasteiger partial charge in [-0.2, -0.15) is 0 Å². The van der Waals surface area contributed by atoms with Crippen molar-refractivity contribution in [1.82, 2.24) is 15.1 Å². The van der Waals surface area contributed by atoms with E-state index in [9.17, 15) is 0 Å². The number of aryl methyl sites for hydroxylation is 1. The monoisotopic (exact) mass is 182 g/mol. The first-order chi connectivity index (χ1) is 6.16. The van der Waals surface area contributed by atoms with Crippen molar-refractivity contribution in [3.63, 3.8) is 0 Å². The van der Waals surface area contributed by atoms with Gasteiger partial charge in [0.2, 0.25) is 5.89 Å². The molecular formula is C8H14N4O. The number of hydrogen-bond acceptors (Lipinski definition) is 5. The molecule has 0 N–H and O–H groups in total. The van der Waals surface area contributed by atoms with Crippen molar-refractivity contribution < 1.29 is 4.42 Å². The first-order valence-corrected chi connectivity index (χ1v) is 4.38. The average Bonchev–Trinajstić information content (AvgIpc) is 2.31. The molecule has 1 aliphatic heterocycles. The summed E-state index contributed by atoms with van der Waals surface area (Å²) < 4.78 is 5.30. The molecule has 1 aromatic heterocycles. The van der Waals surface area contributed by atoms with Gasteiger partial charge in [-0.25, -0.2) is 0 Å². The third-order valence-corrected chi connectivity index (χ3v) is 2.38. The lowest BCUT2D eigenvalue weighted by atomic mass is 10.1. The summed E-state index contributed by atoms with van der Waals surface area (Å²) in [6.07, 6.45) is 0. The minimum atomic E-state index is 0.618. The smallest absolute Gasteiger partial charge is 0.318 e. The molecule has 13 heavy (non-hydrogen) atoms. The lowest BCUT2D eigenvalue weighted by molar-refractivity contribution is 0.238. The Morgan fingerprint density at radius 3 is 2.54 bits per heavy atom. The Morgan fingerprint density at radius 2 is 2.08 bits per heavy atom. The Kier molecular flexibility index (Phi) is 1.95. The standard InChI is InChI=1S/C8H14N4O/c1-6-9-10-8(13-6)12-4-7(5-12)11(2)3/h7H,4-5H2,1-3H3. The molecule has 72 valence electrons. The van der Waals surface area contributed by atoms with E-state index in [2.05, 4.69) is 34.1 Å². The van der Waals surface area contributed by atoms with Gasteiger partial charge in [0.15, 0.2) is 0 Å². The van der Waals surface area contributed by atoms with Crippen molar-refractivity contribution in [3.05, 3.63) is 5.89 Å². The van der Waals surface area contributed by atoms with Gasteiger partial charge in [0, 0.05) is 26.1 Å². The number of aromatic nitrogens is 2. The second kappa shape index (κ2) is 2.99. The van der Waals surface area contributed by atoms with Crippen LogP contribution in [0.3, 0.4) is 0 Å². The van der Waals surface area contributed by atoms with E-state index in [-0.39, 0.29) is 0 Å². The molecule has 0 aliphatic carbocycles. The molecule has 1 aliphatic rings. The average molecular weight is 182 g/mol. The molecule has 1 fully saturated rings. The van der Waals surface area contributed by atoms with Crippen molar-refractivity contribution in [3.8, 4) is 0 Å². The van der Waals surface area contributed by atoms with E-state index in [0.29, 0.717) is 17.9 Å². The molecule has 0 saturated carbocycles. The van der Waals surface area contributed by atoms with Crippen LogP contribution in [0.15, 0.2) is 4.42 Å². The van der Waals surface area contributed by atoms with Gasteiger partial charge in [-0.3, -0.25) is 0 Å². The molecule has 2 heterocycles. The van der Waals surface area contributed by atoms with Crippen molar-refractivity contribution in [2.75, 3.05) is 32.1 Å². The number of likely N-dealkylation sites (N-methyl/N-ethyl adjacent to an activating group) is 1. The van der Waals surface area contributed by atoms with Crippen LogP contribution in [0.4, 0.5) is 6.01 Å². The van der Waals surface area contributed by atoms with Gasteiger partial charge in [-0.1, -0.05) is 5.10 Å². The molecule has 0 radical (unpaired) electrons. The van der Waals surface area contributed by atoms with Crippen LogP contribution in [-0.2, 0) is 0 Å². The zero-order valence-corrected chi connectivity index (χ0v) is 8.19. The fraction of sp³-hybridized carbons (Fsp3) is 0.750. The van der Waals surface area contributed by atoms with Crippen molar-refractivity contribution in [1.29, 1.82) is 0 Å². The SMILES string of the molecule is Cc1nnc(N2CC(N(C)C)C2)o1. The van der Waals surface area contributed by atoms with Gasteiger partial charge >= 0.3 is 6.01 Å². The lowest BCUT2D eigenvalue weighted by Crippen LogP contribution is -2.57. The van der Waals surface area contributed by atoms with E-state index in [1.165, 1.54) is 0 Å². The predicted octanol–water partition coefficient (Wildman–Crippen LogP) is 0.128. The highest BCUT2D eigenvalue weighted by Crippen LogP contribution is 2.20. The molecule has 1 aromatic rings. The van der Waals surface area contributed by atoms with Gasteiger partial charge in [0.1, 0.15) is 0 Å². The first kappa shape index (κ1) is 8.50. The van der Waals surface area contributed by atoms with E-state index >= 15 is 0 Å². The van der Waals surface area contributed by atoms with Crippen LogP contribution >= 0.6 is 0 Å². The van der Waals surface area contributed by atoms with Gasteiger partial charge in [-0.05, 0) is 14.1 Å². The summed E-state index contributed by atoms with van der Waals surface area (Å²) in [4.78, 5) is 4.30. The zero-order valence-electron chi connectivity index (χ0n) is 8.19. The Morgan fingerprint density at radius 1 is 1.38 bits per heavy atom. The fourth-order valence-corrected chi connectivity index (χ4v) is 1.35. The van der Waals surface area contributed by atoms with Gasteiger partial charge in [0.25, 0.3) is 0 Å². The van der Waals surface area contributed by atoms with Gasteiger partial charge < -0.3 is 14.2 Å².